The minimum Gasteiger partial charge on any atom is -0.496 e. The Morgan fingerprint density at radius 1 is 0.867 bits per heavy atom. The lowest BCUT2D eigenvalue weighted by Gasteiger charge is -2.17. The molecule has 0 fully saturated rings. The fourth-order valence-corrected chi connectivity index (χ4v) is 3.61. The Morgan fingerprint density at radius 2 is 1.63 bits per heavy atom. The van der Waals surface area contributed by atoms with Crippen LogP contribution < -0.4 is 19.9 Å². The van der Waals surface area contributed by atoms with Crippen LogP contribution in [0.3, 0.4) is 0 Å². The third-order valence-electron chi connectivity index (χ3n) is 5.11. The molecule has 0 aliphatic rings. The molecule has 1 atom stereocenters. The number of nitrogens with zero attached hydrogens (tertiary/aromatic N) is 1. The van der Waals surface area contributed by atoms with Crippen LogP contribution in [0.2, 0.25) is 0 Å². The van der Waals surface area contributed by atoms with Crippen LogP contribution in [0, 0.1) is 0 Å². The number of rotatable bonds is 8. The Kier molecular flexibility index (Phi) is 5.89. The van der Waals surface area contributed by atoms with Gasteiger partial charge in [0.05, 0.1) is 19.8 Å². The van der Waals surface area contributed by atoms with E-state index < -0.39 is 0 Å². The van der Waals surface area contributed by atoms with Crippen molar-refractivity contribution in [2.45, 2.75) is 25.9 Å². The van der Waals surface area contributed by atoms with Crippen molar-refractivity contribution in [2.75, 3.05) is 19.5 Å². The topological polar surface area (TPSA) is 66.6 Å². The maximum atomic E-state index is 6.15. The second-order valence-electron chi connectivity index (χ2n) is 7.29. The number of pyridine rings is 1. The van der Waals surface area contributed by atoms with Gasteiger partial charge in [-0.3, -0.25) is 0 Å². The van der Waals surface area contributed by atoms with E-state index in [0.29, 0.717) is 12.4 Å². The monoisotopic (exact) mass is 402 g/mol. The lowest BCUT2D eigenvalue weighted by atomic mass is 10.1. The highest BCUT2D eigenvalue weighted by atomic mass is 16.5. The van der Waals surface area contributed by atoms with Crippen LogP contribution in [0.5, 0.6) is 17.2 Å². The van der Waals surface area contributed by atoms with E-state index in [-0.39, 0.29) is 6.10 Å². The summed E-state index contributed by atoms with van der Waals surface area (Å²) in [4.78, 5) is 4.43. The summed E-state index contributed by atoms with van der Waals surface area (Å²) < 4.78 is 17.7. The quantitative estimate of drug-likeness (QED) is 0.388. The number of nitrogens with two attached hydrogens (primary N) is 1. The maximum absolute atomic E-state index is 6.15. The molecule has 0 aliphatic heterocycles. The first-order chi connectivity index (χ1) is 14.7. The number of aromatic nitrogens is 1. The zero-order chi connectivity index (χ0) is 20.9. The molecular formula is C25H26N2O3. The molecule has 2 N–H and O–H groups in total. The van der Waals surface area contributed by atoms with Gasteiger partial charge in [-0.1, -0.05) is 36.4 Å². The zero-order valence-corrected chi connectivity index (χ0v) is 17.3. The minimum atomic E-state index is 0.0371. The largest absolute Gasteiger partial charge is 0.496 e. The third kappa shape index (κ3) is 4.25. The molecule has 5 heteroatoms. The van der Waals surface area contributed by atoms with Crippen LogP contribution in [-0.4, -0.2) is 24.8 Å². The first kappa shape index (κ1) is 19.8. The first-order valence-electron chi connectivity index (χ1n) is 10.2. The molecule has 0 spiro atoms. The fraction of sp³-hybridized carbons (Fsp3) is 0.240. The van der Waals surface area contributed by atoms with Gasteiger partial charge < -0.3 is 19.9 Å². The number of hydrogen-bond donors (Lipinski definition) is 1. The van der Waals surface area contributed by atoms with Crippen molar-refractivity contribution in [1.29, 1.82) is 0 Å². The van der Waals surface area contributed by atoms with Crippen molar-refractivity contribution in [3.63, 3.8) is 0 Å². The van der Waals surface area contributed by atoms with Crippen LogP contribution in [-0.2, 0) is 0 Å². The zero-order valence-electron chi connectivity index (χ0n) is 17.3. The number of anilines is 1. The Hall–Kier alpha value is -3.47. The molecule has 1 heterocycles. The van der Waals surface area contributed by atoms with Crippen molar-refractivity contribution < 1.29 is 14.2 Å². The van der Waals surface area contributed by atoms with E-state index in [9.17, 15) is 0 Å². The summed E-state index contributed by atoms with van der Waals surface area (Å²) in [6, 6.07) is 21.7. The van der Waals surface area contributed by atoms with Gasteiger partial charge in [-0.05, 0) is 50.1 Å². The van der Waals surface area contributed by atoms with Crippen LogP contribution in [0.1, 0.15) is 19.8 Å². The van der Waals surface area contributed by atoms with Crippen molar-refractivity contribution in [3.05, 3.63) is 66.7 Å². The molecule has 0 aliphatic carbocycles. The van der Waals surface area contributed by atoms with E-state index in [4.69, 9.17) is 19.9 Å². The minimum absolute atomic E-state index is 0.0371. The summed E-state index contributed by atoms with van der Waals surface area (Å²) in [6.07, 6.45) is 1.78. The van der Waals surface area contributed by atoms with Crippen LogP contribution in [0.25, 0.3) is 21.7 Å². The second-order valence-corrected chi connectivity index (χ2v) is 7.29. The first-order valence-corrected chi connectivity index (χ1v) is 10.2. The Morgan fingerprint density at radius 3 is 2.43 bits per heavy atom. The molecule has 154 valence electrons. The van der Waals surface area contributed by atoms with Crippen LogP contribution in [0.15, 0.2) is 66.7 Å². The second kappa shape index (κ2) is 8.91. The van der Waals surface area contributed by atoms with Gasteiger partial charge in [-0.15, -0.1) is 0 Å². The molecule has 0 amide bonds. The number of para-hydroxylation sites is 1. The van der Waals surface area contributed by atoms with Crippen molar-refractivity contribution >= 4 is 27.5 Å². The van der Waals surface area contributed by atoms with Crippen molar-refractivity contribution in [3.8, 4) is 17.2 Å². The van der Waals surface area contributed by atoms with Gasteiger partial charge in [0.15, 0.2) is 0 Å². The van der Waals surface area contributed by atoms with Gasteiger partial charge in [0.1, 0.15) is 28.6 Å². The van der Waals surface area contributed by atoms with Gasteiger partial charge in [0, 0.05) is 16.2 Å². The lowest BCUT2D eigenvalue weighted by Crippen LogP contribution is -2.14. The van der Waals surface area contributed by atoms with Gasteiger partial charge in [0.25, 0.3) is 0 Å². The van der Waals surface area contributed by atoms with E-state index in [1.165, 1.54) is 0 Å². The highest BCUT2D eigenvalue weighted by Crippen LogP contribution is 2.33. The van der Waals surface area contributed by atoms with Gasteiger partial charge in [0.2, 0.25) is 0 Å². The number of ether oxygens (including phenoxy) is 3. The highest BCUT2D eigenvalue weighted by molar-refractivity contribution is 5.93. The van der Waals surface area contributed by atoms with E-state index in [2.05, 4.69) is 18.0 Å². The van der Waals surface area contributed by atoms with Gasteiger partial charge in [-0.2, -0.15) is 0 Å². The van der Waals surface area contributed by atoms with Crippen molar-refractivity contribution in [2.24, 2.45) is 0 Å². The average molecular weight is 402 g/mol. The predicted molar refractivity (Wildman–Crippen MR) is 121 cm³/mol. The standard InChI is InChI=1S/C25H26N2O3/c1-17(30-23-11-5-8-18-12-15-24(26)27-25(18)23)7-6-16-29-22-14-13-21(28-2)19-9-3-4-10-20(19)22/h3-5,8-15,17H,6-7,16H2,1-2H3,(H2,26,27). The summed E-state index contributed by atoms with van der Waals surface area (Å²) in [5, 5.41) is 3.13. The number of benzene rings is 3. The summed E-state index contributed by atoms with van der Waals surface area (Å²) in [5.74, 6) is 2.97. The Bertz CT molecular complexity index is 1160. The smallest absolute Gasteiger partial charge is 0.146 e. The summed E-state index contributed by atoms with van der Waals surface area (Å²) >= 11 is 0. The lowest BCUT2D eigenvalue weighted by molar-refractivity contribution is 0.196. The SMILES string of the molecule is COc1ccc(OCCCC(C)Oc2cccc3ccc(N)nc23)c2ccccc12. The molecule has 5 nitrogen and oxygen atoms in total. The summed E-state index contributed by atoms with van der Waals surface area (Å²) in [6.45, 7) is 2.68. The number of methoxy groups -OCH3 is 1. The number of hydrogen-bond acceptors (Lipinski definition) is 5. The Balaban J connectivity index is 1.36. The van der Waals surface area contributed by atoms with E-state index >= 15 is 0 Å². The van der Waals surface area contributed by atoms with Crippen LogP contribution in [0.4, 0.5) is 5.82 Å². The maximum Gasteiger partial charge on any atom is 0.146 e. The average Bonchev–Trinajstić information content (AvgIpc) is 2.77. The molecule has 0 radical (unpaired) electrons. The number of nitrogen functional groups attached to an aromatic ring is 1. The summed E-state index contributed by atoms with van der Waals surface area (Å²) in [5.41, 5.74) is 6.64. The van der Waals surface area contributed by atoms with E-state index in [1.807, 2.05) is 54.6 Å². The van der Waals surface area contributed by atoms with Gasteiger partial charge in [-0.25, -0.2) is 4.98 Å². The number of fused-ring (bicyclic) bond motifs is 2. The molecule has 3 aromatic carbocycles. The van der Waals surface area contributed by atoms with E-state index in [0.717, 1.165) is 51.8 Å². The molecular weight excluding hydrogens is 376 g/mol. The molecule has 4 aromatic rings. The Labute approximate surface area is 176 Å². The third-order valence-corrected chi connectivity index (χ3v) is 5.11. The predicted octanol–water partition coefficient (Wildman–Crippen LogP) is 5.61. The van der Waals surface area contributed by atoms with Gasteiger partial charge >= 0.3 is 0 Å². The molecule has 1 aromatic heterocycles. The highest BCUT2D eigenvalue weighted by Gasteiger charge is 2.10. The molecule has 0 bridgehead atoms. The molecule has 30 heavy (non-hydrogen) atoms. The molecule has 1 unspecified atom stereocenters. The normalized spacial score (nSPS) is 12.1. The fourth-order valence-electron chi connectivity index (χ4n) is 3.61. The molecule has 0 saturated carbocycles. The van der Waals surface area contributed by atoms with Crippen LogP contribution >= 0.6 is 0 Å². The summed E-state index contributed by atoms with van der Waals surface area (Å²) in [7, 11) is 1.68. The van der Waals surface area contributed by atoms with E-state index in [1.54, 1.807) is 13.2 Å². The molecule has 4 rings (SSSR count). The molecule has 0 saturated heterocycles. The van der Waals surface area contributed by atoms with Crippen molar-refractivity contribution in [1.82, 2.24) is 4.98 Å².